The van der Waals surface area contributed by atoms with E-state index in [1.807, 2.05) is 6.07 Å². The molecule has 5 N–H and O–H groups in total. The SMILES string of the molecule is Nc1c(CCCN(C2CCCCC2)C2CCCCC2)ccc(C(=O)O)c1N. The molecule has 0 unspecified atom stereocenters. The van der Waals surface area contributed by atoms with Gasteiger partial charge in [0.1, 0.15) is 0 Å². The zero-order valence-electron chi connectivity index (χ0n) is 16.5. The summed E-state index contributed by atoms with van der Waals surface area (Å²) in [4.78, 5) is 14.0. The summed E-state index contributed by atoms with van der Waals surface area (Å²) in [6.45, 7) is 1.11. The highest BCUT2D eigenvalue weighted by molar-refractivity contribution is 5.97. The van der Waals surface area contributed by atoms with Crippen LogP contribution in [0.15, 0.2) is 12.1 Å². The van der Waals surface area contributed by atoms with Gasteiger partial charge in [0, 0.05) is 12.1 Å². The van der Waals surface area contributed by atoms with Gasteiger partial charge < -0.3 is 16.6 Å². The maximum atomic E-state index is 11.2. The quantitative estimate of drug-likeness (QED) is 0.614. The predicted molar refractivity (Wildman–Crippen MR) is 111 cm³/mol. The highest BCUT2D eigenvalue weighted by atomic mass is 16.4. The number of rotatable bonds is 7. The predicted octanol–water partition coefficient (Wildman–Crippen LogP) is 4.45. The summed E-state index contributed by atoms with van der Waals surface area (Å²) < 4.78 is 0. The van der Waals surface area contributed by atoms with E-state index in [-0.39, 0.29) is 11.3 Å². The van der Waals surface area contributed by atoms with Gasteiger partial charge in [-0.2, -0.15) is 0 Å². The summed E-state index contributed by atoms with van der Waals surface area (Å²) in [5.74, 6) is -1.02. The number of nitrogen functional groups attached to an aromatic ring is 2. The summed E-state index contributed by atoms with van der Waals surface area (Å²) >= 11 is 0. The summed E-state index contributed by atoms with van der Waals surface area (Å²) in [7, 11) is 0. The van der Waals surface area contributed by atoms with Crippen molar-refractivity contribution in [1.82, 2.24) is 4.90 Å². The Bertz CT molecular complexity index is 617. The molecule has 2 aliphatic rings. The number of nitrogens with zero attached hydrogens (tertiary/aromatic N) is 1. The Labute approximate surface area is 163 Å². The lowest BCUT2D eigenvalue weighted by Gasteiger charge is -2.42. The van der Waals surface area contributed by atoms with Crippen molar-refractivity contribution in [3.8, 4) is 0 Å². The Kier molecular flexibility index (Phi) is 7.00. The van der Waals surface area contributed by atoms with Crippen molar-refractivity contribution in [3.63, 3.8) is 0 Å². The van der Waals surface area contributed by atoms with Crippen molar-refractivity contribution in [1.29, 1.82) is 0 Å². The maximum absolute atomic E-state index is 11.2. The largest absolute Gasteiger partial charge is 0.478 e. The lowest BCUT2D eigenvalue weighted by atomic mass is 9.88. The fourth-order valence-electron chi connectivity index (χ4n) is 5.03. The van der Waals surface area contributed by atoms with Gasteiger partial charge in [-0.05, 0) is 56.7 Å². The van der Waals surface area contributed by atoms with E-state index in [0.29, 0.717) is 5.69 Å². The van der Waals surface area contributed by atoms with E-state index in [0.717, 1.165) is 37.0 Å². The molecule has 5 heteroatoms. The minimum absolute atomic E-state index is 0.0993. The Hall–Kier alpha value is -1.75. The number of benzene rings is 1. The van der Waals surface area contributed by atoms with Gasteiger partial charge in [-0.15, -0.1) is 0 Å². The van der Waals surface area contributed by atoms with E-state index in [9.17, 15) is 9.90 Å². The second-order valence-electron chi connectivity index (χ2n) is 8.33. The molecule has 0 spiro atoms. The van der Waals surface area contributed by atoms with Gasteiger partial charge in [0.25, 0.3) is 0 Å². The van der Waals surface area contributed by atoms with Crippen LogP contribution in [0.4, 0.5) is 11.4 Å². The third-order valence-corrected chi connectivity index (χ3v) is 6.56. The standard InChI is InChI=1S/C22H35N3O2/c23-20-16(13-14-19(21(20)24)22(26)27)8-7-15-25(17-9-3-1-4-10-17)18-11-5-2-6-12-18/h13-14,17-18H,1-12,15,23-24H2,(H,26,27). The minimum atomic E-state index is -1.02. The van der Waals surface area contributed by atoms with Gasteiger partial charge in [-0.3, -0.25) is 4.90 Å². The van der Waals surface area contributed by atoms with E-state index >= 15 is 0 Å². The van der Waals surface area contributed by atoms with Crippen molar-refractivity contribution in [3.05, 3.63) is 23.3 Å². The number of hydrogen-bond donors (Lipinski definition) is 3. The Morgan fingerprint density at radius 2 is 1.48 bits per heavy atom. The first kappa shape index (κ1) is 20.0. The molecule has 5 nitrogen and oxygen atoms in total. The zero-order chi connectivity index (χ0) is 19.2. The van der Waals surface area contributed by atoms with Crippen LogP contribution in [0.2, 0.25) is 0 Å². The number of nitrogens with two attached hydrogens (primary N) is 2. The number of anilines is 2. The van der Waals surface area contributed by atoms with Crippen molar-refractivity contribution in [2.75, 3.05) is 18.0 Å². The molecule has 150 valence electrons. The Morgan fingerprint density at radius 3 is 2.00 bits per heavy atom. The second kappa shape index (κ2) is 9.45. The molecule has 0 saturated heterocycles. The van der Waals surface area contributed by atoms with Gasteiger partial charge in [0.2, 0.25) is 0 Å². The topological polar surface area (TPSA) is 92.6 Å². The molecule has 0 atom stereocenters. The average Bonchev–Trinajstić information content (AvgIpc) is 2.69. The van der Waals surface area contributed by atoms with Gasteiger partial charge in [-0.1, -0.05) is 44.6 Å². The number of carboxylic acid groups (broad SMARTS) is 1. The van der Waals surface area contributed by atoms with Crippen LogP contribution >= 0.6 is 0 Å². The third kappa shape index (κ3) is 4.95. The highest BCUT2D eigenvalue weighted by Gasteiger charge is 2.28. The number of aryl methyl sites for hydroxylation is 1. The molecule has 2 fully saturated rings. The average molecular weight is 374 g/mol. The molecule has 2 aliphatic carbocycles. The first-order valence-corrected chi connectivity index (χ1v) is 10.7. The van der Waals surface area contributed by atoms with Gasteiger partial charge in [-0.25, -0.2) is 4.79 Å². The molecule has 0 bridgehead atoms. The van der Waals surface area contributed by atoms with Crippen LogP contribution in [-0.4, -0.2) is 34.6 Å². The monoisotopic (exact) mass is 373 g/mol. The molecule has 0 aromatic heterocycles. The van der Waals surface area contributed by atoms with E-state index < -0.39 is 5.97 Å². The summed E-state index contributed by atoms with van der Waals surface area (Å²) in [5, 5.41) is 9.18. The minimum Gasteiger partial charge on any atom is -0.478 e. The first-order valence-electron chi connectivity index (χ1n) is 10.7. The Balaban J connectivity index is 1.63. The molecular formula is C22H35N3O2. The first-order chi connectivity index (χ1) is 13.1. The molecule has 0 aliphatic heterocycles. The summed E-state index contributed by atoms with van der Waals surface area (Å²) in [5.41, 5.74) is 13.8. The fraction of sp³-hybridized carbons (Fsp3) is 0.682. The summed E-state index contributed by atoms with van der Waals surface area (Å²) in [6, 6.07) is 4.92. The second-order valence-corrected chi connectivity index (χ2v) is 8.33. The molecule has 27 heavy (non-hydrogen) atoms. The van der Waals surface area contributed by atoms with E-state index in [2.05, 4.69) is 4.90 Å². The molecule has 1 aromatic rings. The normalized spacial score (nSPS) is 19.4. The van der Waals surface area contributed by atoms with Gasteiger partial charge in [0.15, 0.2) is 0 Å². The van der Waals surface area contributed by atoms with Crippen molar-refractivity contribution in [2.45, 2.75) is 89.1 Å². The third-order valence-electron chi connectivity index (χ3n) is 6.56. The number of hydrogen-bond acceptors (Lipinski definition) is 4. The van der Waals surface area contributed by atoms with Gasteiger partial charge >= 0.3 is 5.97 Å². The lowest BCUT2D eigenvalue weighted by Crippen LogP contribution is -2.45. The van der Waals surface area contributed by atoms with Crippen LogP contribution in [0.25, 0.3) is 0 Å². The van der Waals surface area contributed by atoms with Crippen LogP contribution in [0.3, 0.4) is 0 Å². The number of carbonyl (C=O) groups is 1. The number of carboxylic acids is 1. The molecular weight excluding hydrogens is 338 g/mol. The van der Waals surface area contributed by atoms with E-state index in [1.54, 1.807) is 6.07 Å². The van der Waals surface area contributed by atoms with Crippen LogP contribution in [-0.2, 0) is 6.42 Å². The smallest absolute Gasteiger partial charge is 0.337 e. The van der Waals surface area contributed by atoms with E-state index in [1.165, 1.54) is 64.2 Å². The van der Waals surface area contributed by atoms with Crippen molar-refractivity contribution < 1.29 is 9.90 Å². The molecule has 3 rings (SSSR count). The van der Waals surface area contributed by atoms with Crippen molar-refractivity contribution in [2.24, 2.45) is 0 Å². The maximum Gasteiger partial charge on any atom is 0.337 e. The molecule has 1 aromatic carbocycles. The highest BCUT2D eigenvalue weighted by Crippen LogP contribution is 2.31. The molecule has 2 saturated carbocycles. The van der Waals surface area contributed by atoms with Crippen LogP contribution in [0.1, 0.15) is 86.6 Å². The van der Waals surface area contributed by atoms with Crippen LogP contribution in [0, 0.1) is 0 Å². The van der Waals surface area contributed by atoms with Gasteiger partial charge in [0.05, 0.1) is 16.9 Å². The molecule has 0 heterocycles. The number of aromatic carboxylic acids is 1. The summed E-state index contributed by atoms with van der Waals surface area (Å²) in [6.07, 6.45) is 15.5. The zero-order valence-corrected chi connectivity index (χ0v) is 16.5. The molecule has 0 radical (unpaired) electrons. The van der Waals surface area contributed by atoms with Crippen molar-refractivity contribution >= 4 is 17.3 Å². The molecule has 0 amide bonds. The lowest BCUT2D eigenvalue weighted by molar-refractivity contribution is 0.0698. The Morgan fingerprint density at radius 1 is 0.926 bits per heavy atom. The fourth-order valence-corrected chi connectivity index (χ4v) is 5.03. The van der Waals surface area contributed by atoms with Crippen LogP contribution in [0.5, 0.6) is 0 Å². The van der Waals surface area contributed by atoms with E-state index in [4.69, 9.17) is 11.5 Å². The van der Waals surface area contributed by atoms with Crippen LogP contribution < -0.4 is 11.5 Å².